The molecule has 1 aromatic carbocycles. The van der Waals surface area contributed by atoms with Crippen LogP contribution < -0.4 is 10.2 Å². The van der Waals surface area contributed by atoms with E-state index in [1.807, 2.05) is 6.07 Å². The summed E-state index contributed by atoms with van der Waals surface area (Å²) in [7, 11) is 1.75. The second kappa shape index (κ2) is 5.65. The van der Waals surface area contributed by atoms with Crippen molar-refractivity contribution in [3.63, 3.8) is 0 Å². The fraction of sp³-hybridized carbons (Fsp3) is 0.429. The highest BCUT2D eigenvalue weighted by atomic mass is 16.2. The standard InChI is InChI=1S/C14H17N3O/c1-17(13-4-2-3-11(9-13)10-15)14(18)7-8-16-12-5-6-12/h2-4,9,12,16H,5-8H2,1H3. The van der Waals surface area contributed by atoms with Gasteiger partial charge in [0.1, 0.15) is 0 Å². The Bertz CT molecular complexity index is 474. The lowest BCUT2D eigenvalue weighted by Gasteiger charge is -2.17. The van der Waals surface area contributed by atoms with Crippen LogP contribution in [0, 0.1) is 11.3 Å². The van der Waals surface area contributed by atoms with Crippen LogP contribution in [0.2, 0.25) is 0 Å². The molecule has 0 heterocycles. The zero-order valence-corrected chi connectivity index (χ0v) is 10.5. The third kappa shape index (κ3) is 3.31. The summed E-state index contributed by atoms with van der Waals surface area (Å²) in [5, 5.41) is 12.1. The Hall–Kier alpha value is -1.86. The second-order valence-electron chi connectivity index (χ2n) is 4.59. The molecule has 4 heteroatoms. The normalized spacial score (nSPS) is 14.0. The zero-order chi connectivity index (χ0) is 13.0. The van der Waals surface area contributed by atoms with Gasteiger partial charge in [0.2, 0.25) is 5.91 Å². The van der Waals surface area contributed by atoms with Crippen molar-refractivity contribution >= 4 is 11.6 Å². The molecule has 4 nitrogen and oxygen atoms in total. The molecule has 1 fully saturated rings. The van der Waals surface area contributed by atoms with E-state index in [2.05, 4.69) is 11.4 Å². The number of anilines is 1. The summed E-state index contributed by atoms with van der Waals surface area (Å²) in [5.74, 6) is 0.0678. The minimum atomic E-state index is 0.0678. The molecule has 1 aliphatic rings. The van der Waals surface area contributed by atoms with E-state index >= 15 is 0 Å². The molecule has 0 atom stereocenters. The Morgan fingerprint density at radius 1 is 1.56 bits per heavy atom. The van der Waals surface area contributed by atoms with Crippen LogP contribution in [0.15, 0.2) is 24.3 Å². The molecule has 2 rings (SSSR count). The van der Waals surface area contributed by atoms with E-state index in [-0.39, 0.29) is 5.91 Å². The molecule has 1 amide bonds. The Balaban J connectivity index is 1.89. The molecule has 18 heavy (non-hydrogen) atoms. The van der Waals surface area contributed by atoms with E-state index in [1.54, 1.807) is 30.1 Å². The molecule has 0 aromatic heterocycles. The topological polar surface area (TPSA) is 56.1 Å². The van der Waals surface area contributed by atoms with Crippen molar-refractivity contribution in [2.45, 2.75) is 25.3 Å². The number of nitriles is 1. The number of hydrogen-bond donors (Lipinski definition) is 1. The minimum absolute atomic E-state index is 0.0678. The van der Waals surface area contributed by atoms with E-state index in [1.165, 1.54) is 12.8 Å². The van der Waals surface area contributed by atoms with Gasteiger partial charge in [-0.2, -0.15) is 5.26 Å². The van der Waals surface area contributed by atoms with Crippen LogP contribution in [0.25, 0.3) is 0 Å². The van der Waals surface area contributed by atoms with Gasteiger partial charge in [-0.1, -0.05) is 6.07 Å². The monoisotopic (exact) mass is 243 g/mol. The van der Waals surface area contributed by atoms with Gasteiger partial charge >= 0.3 is 0 Å². The Labute approximate surface area is 107 Å². The van der Waals surface area contributed by atoms with Crippen molar-refractivity contribution in [1.29, 1.82) is 5.26 Å². The Kier molecular flexibility index (Phi) is 3.96. The van der Waals surface area contributed by atoms with Crippen LogP contribution in [0.4, 0.5) is 5.69 Å². The molecule has 0 aliphatic heterocycles. The van der Waals surface area contributed by atoms with Crippen molar-refractivity contribution in [2.75, 3.05) is 18.5 Å². The fourth-order valence-corrected chi connectivity index (χ4v) is 1.77. The third-order valence-electron chi connectivity index (χ3n) is 3.09. The van der Waals surface area contributed by atoms with Gasteiger partial charge in [-0.05, 0) is 31.0 Å². The number of carbonyl (C=O) groups is 1. The average Bonchev–Trinajstić information content (AvgIpc) is 3.22. The number of amides is 1. The number of rotatable bonds is 5. The first-order valence-corrected chi connectivity index (χ1v) is 6.21. The third-order valence-corrected chi connectivity index (χ3v) is 3.09. The summed E-state index contributed by atoms with van der Waals surface area (Å²) in [6.07, 6.45) is 2.95. The van der Waals surface area contributed by atoms with Gasteiger partial charge < -0.3 is 10.2 Å². The number of carbonyl (C=O) groups excluding carboxylic acids is 1. The molecule has 94 valence electrons. The van der Waals surface area contributed by atoms with Crippen LogP contribution in [0.3, 0.4) is 0 Å². The van der Waals surface area contributed by atoms with Crippen LogP contribution in [-0.2, 0) is 4.79 Å². The highest BCUT2D eigenvalue weighted by Crippen LogP contribution is 2.19. The van der Waals surface area contributed by atoms with E-state index < -0.39 is 0 Å². The molecule has 0 unspecified atom stereocenters. The molecule has 0 spiro atoms. The first-order chi connectivity index (χ1) is 8.70. The van der Waals surface area contributed by atoms with Crippen molar-refractivity contribution in [3.05, 3.63) is 29.8 Å². The SMILES string of the molecule is CN(C(=O)CCNC1CC1)c1cccc(C#N)c1. The molecular weight excluding hydrogens is 226 g/mol. The highest BCUT2D eigenvalue weighted by molar-refractivity contribution is 5.93. The molecule has 1 N–H and O–H groups in total. The highest BCUT2D eigenvalue weighted by Gasteiger charge is 2.20. The zero-order valence-electron chi connectivity index (χ0n) is 10.5. The van der Waals surface area contributed by atoms with Crippen LogP contribution in [-0.4, -0.2) is 25.5 Å². The van der Waals surface area contributed by atoms with Gasteiger partial charge in [0.15, 0.2) is 0 Å². The van der Waals surface area contributed by atoms with Crippen LogP contribution in [0.5, 0.6) is 0 Å². The predicted molar refractivity (Wildman–Crippen MR) is 70.2 cm³/mol. The maximum Gasteiger partial charge on any atom is 0.227 e. The maximum atomic E-state index is 11.9. The fourth-order valence-electron chi connectivity index (χ4n) is 1.77. The molecule has 0 radical (unpaired) electrons. The van der Waals surface area contributed by atoms with E-state index in [0.717, 1.165) is 12.2 Å². The van der Waals surface area contributed by atoms with E-state index in [4.69, 9.17) is 5.26 Å². The van der Waals surface area contributed by atoms with Gasteiger partial charge in [-0.25, -0.2) is 0 Å². The van der Waals surface area contributed by atoms with Gasteiger partial charge in [-0.15, -0.1) is 0 Å². The molecular formula is C14H17N3O. The van der Waals surface area contributed by atoms with Crippen molar-refractivity contribution in [3.8, 4) is 6.07 Å². The number of hydrogen-bond acceptors (Lipinski definition) is 3. The summed E-state index contributed by atoms with van der Waals surface area (Å²) in [6.45, 7) is 0.728. The molecule has 1 aromatic rings. The van der Waals surface area contributed by atoms with Crippen molar-refractivity contribution < 1.29 is 4.79 Å². The Morgan fingerprint density at radius 2 is 2.33 bits per heavy atom. The Morgan fingerprint density at radius 3 is 3.00 bits per heavy atom. The van der Waals surface area contributed by atoms with Crippen LogP contribution >= 0.6 is 0 Å². The smallest absolute Gasteiger partial charge is 0.227 e. The average molecular weight is 243 g/mol. The van der Waals surface area contributed by atoms with E-state index in [0.29, 0.717) is 18.0 Å². The predicted octanol–water partition coefficient (Wildman–Crippen LogP) is 1.66. The first kappa shape index (κ1) is 12.6. The van der Waals surface area contributed by atoms with Gasteiger partial charge in [-0.3, -0.25) is 4.79 Å². The minimum Gasteiger partial charge on any atom is -0.315 e. The summed E-state index contributed by atoms with van der Waals surface area (Å²) in [6, 6.07) is 9.80. The summed E-state index contributed by atoms with van der Waals surface area (Å²) >= 11 is 0. The van der Waals surface area contributed by atoms with Crippen molar-refractivity contribution in [2.24, 2.45) is 0 Å². The number of nitrogens with zero attached hydrogens (tertiary/aromatic N) is 2. The number of nitrogens with one attached hydrogen (secondary N) is 1. The molecule has 0 saturated heterocycles. The lowest BCUT2D eigenvalue weighted by atomic mass is 10.2. The second-order valence-corrected chi connectivity index (χ2v) is 4.59. The van der Waals surface area contributed by atoms with Gasteiger partial charge in [0.25, 0.3) is 0 Å². The van der Waals surface area contributed by atoms with Crippen molar-refractivity contribution in [1.82, 2.24) is 5.32 Å². The molecule has 1 saturated carbocycles. The molecule has 1 aliphatic carbocycles. The first-order valence-electron chi connectivity index (χ1n) is 6.21. The van der Waals surface area contributed by atoms with Crippen LogP contribution in [0.1, 0.15) is 24.8 Å². The van der Waals surface area contributed by atoms with Gasteiger partial charge in [0, 0.05) is 31.7 Å². The largest absolute Gasteiger partial charge is 0.315 e. The van der Waals surface area contributed by atoms with Gasteiger partial charge in [0.05, 0.1) is 11.6 Å². The molecule has 0 bridgehead atoms. The summed E-state index contributed by atoms with van der Waals surface area (Å²) < 4.78 is 0. The lowest BCUT2D eigenvalue weighted by Crippen LogP contribution is -2.30. The number of benzene rings is 1. The summed E-state index contributed by atoms with van der Waals surface area (Å²) in [4.78, 5) is 13.6. The quantitative estimate of drug-likeness (QED) is 0.855. The summed E-state index contributed by atoms with van der Waals surface area (Å²) in [5.41, 5.74) is 1.34. The lowest BCUT2D eigenvalue weighted by molar-refractivity contribution is -0.118. The maximum absolute atomic E-state index is 11.9. The van der Waals surface area contributed by atoms with E-state index in [9.17, 15) is 4.79 Å².